The lowest BCUT2D eigenvalue weighted by molar-refractivity contribution is -0.150. The lowest BCUT2D eigenvalue weighted by Gasteiger charge is -2.17. The van der Waals surface area contributed by atoms with Crippen LogP contribution in [-0.4, -0.2) is 25.2 Å². The number of hydrogen-bond acceptors (Lipinski definition) is 4. The van der Waals surface area contributed by atoms with Gasteiger partial charge >= 0.3 is 5.97 Å². The first-order valence-electron chi connectivity index (χ1n) is 5.90. The zero-order chi connectivity index (χ0) is 13.5. The van der Waals surface area contributed by atoms with E-state index in [-0.39, 0.29) is 0 Å². The Balaban J connectivity index is 2.85. The molecule has 2 N–H and O–H groups in total. The maximum atomic E-state index is 11.5. The van der Waals surface area contributed by atoms with Crippen molar-refractivity contribution in [2.24, 2.45) is 5.73 Å². The van der Waals surface area contributed by atoms with Crippen molar-refractivity contribution in [3.05, 3.63) is 28.8 Å². The third-order valence-electron chi connectivity index (χ3n) is 2.38. The predicted octanol–water partition coefficient (Wildman–Crippen LogP) is 2.17. The van der Waals surface area contributed by atoms with Crippen LogP contribution in [0.3, 0.4) is 0 Å². The van der Waals surface area contributed by atoms with Crippen LogP contribution < -0.4 is 10.5 Å². The minimum atomic E-state index is -0.693. The standard InChI is InChI=1S/C13H18ClNO3/c1-3-17-13(16)9(2)18-12-10(7-8-15)5-4-6-11(12)14/h4-6,9H,3,7-8,15H2,1-2H3. The first-order chi connectivity index (χ1) is 8.60. The van der Waals surface area contributed by atoms with Crippen molar-refractivity contribution in [2.45, 2.75) is 26.4 Å². The first-order valence-corrected chi connectivity index (χ1v) is 6.28. The Kier molecular flexibility index (Phi) is 5.95. The van der Waals surface area contributed by atoms with E-state index >= 15 is 0 Å². The fourth-order valence-electron chi connectivity index (χ4n) is 1.52. The maximum absolute atomic E-state index is 11.5. The van der Waals surface area contributed by atoms with Crippen LogP contribution >= 0.6 is 11.6 Å². The number of rotatable bonds is 6. The fraction of sp³-hybridized carbons (Fsp3) is 0.462. The molecule has 5 heteroatoms. The summed E-state index contributed by atoms with van der Waals surface area (Å²) in [7, 11) is 0. The van der Waals surface area contributed by atoms with E-state index in [0.717, 1.165) is 5.56 Å². The van der Waals surface area contributed by atoms with Crippen molar-refractivity contribution in [1.29, 1.82) is 0 Å². The second-order valence-electron chi connectivity index (χ2n) is 3.78. The van der Waals surface area contributed by atoms with E-state index in [1.54, 1.807) is 19.9 Å². The van der Waals surface area contributed by atoms with Gasteiger partial charge in [0, 0.05) is 0 Å². The van der Waals surface area contributed by atoms with Gasteiger partial charge in [-0.2, -0.15) is 0 Å². The Morgan fingerprint density at radius 3 is 2.83 bits per heavy atom. The Morgan fingerprint density at radius 2 is 2.22 bits per heavy atom. The molecule has 0 radical (unpaired) electrons. The molecule has 1 unspecified atom stereocenters. The van der Waals surface area contributed by atoms with Crippen molar-refractivity contribution < 1.29 is 14.3 Å². The van der Waals surface area contributed by atoms with Crippen molar-refractivity contribution in [2.75, 3.05) is 13.2 Å². The summed E-state index contributed by atoms with van der Waals surface area (Å²) in [6.07, 6.45) is -0.0489. The largest absolute Gasteiger partial charge is 0.477 e. The van der Waals surface area contributed by atoms with E-state index in [0.29, 0.717) is 30.3 Å². The van der Waals surface area contributed by atoms with Crippen LogP contribution in [0.25, 0.3) is 0 Å². The number of carbonyl (C=O) groups is 1. The highest BCUT2D eigenvalue weighted by atomic mass is 35.5. The van der Waals surface area contributed by atoms with Gasteiger partial charge in [-0.1, -0.05) is 23.7 Å². The van der Waals surface area contributed by atoms with E-state index in [4.69, 9.17) is 26.8 Å². The summed E-state index contributed by atoms with van der Waals surface area (Å²) in [4.78, 5) is 11.5. The molecule has 0 amide bonds. The molecule has 100 valence electrons. The van der Waals surface area contributed by atoms with E-state index in [1.165, 1.54) is 0 Å². The average Bonchev–Trinajstić information content (AvgIpc) is 2.34. The van der Waals surface area contributed by atoms with Gasteiger partial charge in [0.15, 0.2) is 6.10 Å². The molecule has 1 atom stereocenters. The number of para-hydroxylation sites is 1. The molecule has 0 heterocycles. The molecular weight excluding hydrogens is 254 g/mol. The molecule has 18 heavy (non-hydrogen) atoms. The van der Waals surface area contributed by atoms with E-state index in [9.17, 15) is 4.79 Å². The van der Waals surface area contributed by atoms with Crippen LogP contribution in [0, 0.1) is 0 Å². The average molecular weight is 272 g/mol. The van der Waals surface area contributed by atoms with Gasteiger partial charge < -0.3 is 15.2 Å². The van der Waals surface area contributed by atoms with Gasteiger partial charge in [0.2, 0.25) is 0 Å². The summed E-state index contributed by atoms with van der Waals surface area (Å²) < 4.78 is 10.5. The van der Waals surface area contributed by atoms with Gasteiger partial charge in [-0.3, -0.25) is 0 Å². The van der Waals surface area contributed by atoms with Crippen LogP contribution in [0.15, 0.2) is 18.2 Å². The Bertz CT molecular complexity index is 409. The van der Waals surface area contributed by atoms with Gasteiger partial charge in [0.1, 0.15) is 5.75 Å². The van der Waals surface area contributed by atoms with Crippen LogP contribution in [0.2, 0.25) is 5.02 Å². The third-order valence-corrected chi connectivity index (χ3v) is 2.67. The monoisotopic (exact) mass is 271 g/mol. The molecule has 1 rings (SSSR count). The number of benzene rings is 1. The fourth-order valence-corrected chi connectivity index (χ4v) is 1.76. The lowest BCUT2D eigenvalue weighted by Crippen LogP contribution is -2.26. The van der Waals surface area contributed by atoms with Crippen LogP contribution in [0.4, 0.5) is 0 Å². The first kappa shape index (κ1) is 14.8. The quantitative estimate of drug-likeness (QED) is 0.806. The normalized spacial score (nSPS) is 12.0. The van der Waals surface area contributed by atoms with Gasteiger partial charge in [0.05, 0.1) is 11.6 Å². The minimum absolute atomic E-state index is 0.324. The third kappa shape index (κ3) is 3.89. The van der Waals surface area contributed by atoms with Crippen molar-refractivity contribution in [3.8, 4) is 5.75 Å². The predicted molar refractivity (Wildman–Crippen MR) is 70.9 cm³/mol. The minimum Gasteiger partial charge on any atom is -0.477 e. The highest BCUT2D eigenvalue weighted by molar-refractivity contribution is 6.32. The summed E-state index contributed by atoms with van der Waals surface area (Å²) in [6.45, 7) is 4.20. The van der Waals surface area contributed by atoms with Gasteiger partial charge in [0.25, 0.3) is 0 Å². The summed E-state index contributed by atoms with van der Waals surface area (Å²) in [5.41, 5.74) is 6.42. The molecule has 0 bridgehead atoms. The van der Waals surface area contributed by atoms with E-state index < -0.39 is 12.1 Å². The SMILES string of the molecule is CCOC(=O)C(C)Oc1c(Cl)cccc1CCN. The molecule has 1 aromatic carbocycles. The molecule has 0 aromatic heterocycles. The Labute approximate surface area is 112 Å². The molecule has 0 fully saturated rings. The Morgan fingerprint density at radius 1 is 1.50 bits per heavy atom. The Hall–Kier alpha value is -1.26. The summed E-state index contributed by atoms with van der Waals surface area (Å²) in [5, 5.41) is 0.470. The van der Waals surface area contributed by atoms with Gasteiger partial charge in [-0.25, -0.2) is 4.79 Å². The summed E-state index contributed by atoms with van der Waals surface area (Å²) >= 11 is 6.07. The number of carbonyl (C=O) groups excluding carboxylic acids is 1. The molecule has 1 aromatic rings. The van der Waals surface area contributed by atoms with Gasteiger partial charge in [-0.05, 0) is 38.4 Å². The van der Waals surface area contributed by atoms with Gasteiger partial charge in [-0.15, -0.1) is 0 Å². The summed E-state index contributed by atoms with van der Waals surface area (Å²) in [6, 6.07) is 5.43. The molecule has 0 aliphatic carbocycles. The van der Waals surface area contributed by atoms with E-state index in [1.807, 2.05) is 12.1 Å². The number of esters is 1. The van der Waals surface area contributed by atoms with Crippen LogP contribution in [0.5, 0.6) is 5.75 Å². The highest BCUT2D eigenvalue weighted by Crippen LogP contribution is 2.29. The van der Waals surface area contributed by atoms with Crippen LogP contribution in [0.1, 0.15) is 19.4 Å². The molecule has 0 spiro atoms. The van der Waals surface area contributed by atoms with E-state index in [2.05, 4.69) is 0 Å². The maximum Gasteiger partial charge on any atom is 0.347 e. The number of nitrogens with two attached hydrogens (primary N) is 1. The number of halogens is 1. The second-order valence-corrected chi connectivity index (χ2v) is 4.19. The van der Waals surface area contributed by atoms with Crippen LogP contribution in [-0.2, 0) is 16.0 Å². The molecule has 0 saturated carbocycles. The second kappa shape index (κ2) is 7.24. The zero-order valence-electron chi connectivity index (χ0n) is 10.6. The molecule has 4 nitrogen and oxygen atoms in total. The number of hydrogen-bond donors (Lipinski definition) is 1. The van der Waals surface area contributed by atoms with Crippen molar-refractivity contribution >= 4 is 17.6 Å². The molecular formula is C13H18ClNO3. The zero-order valence-corrected chi connectivity index (χ0v) is 11.4. The van der Waals surface area contributed by atoms with Crippen molar-refractivity contribution in [3.63, 3.8) is 0 Å². The molecule has 0 saturated heterocycles. The highest BCUT2D eigenvalue weighted by Gasteiger charge is 2.18. The topological polar surface area (TPSA) is 61.5 Å². The molecule has 0 aliphatic rings. The molecule has 0 aliphatic heterocycles. The van der Waals surface area contributed by atoms with Crippen molar-refractivity contribution in [1.82, 2.24) is 0 Å². The number of ether oxygens (including phenoxy) is 2. The summed E-state index contributed by atoms with van der Waals surface area (Å²) in [5.74, 6) is 0.0984. The lowest BCUT2D eigenvalue weighted by atomic mass is 10.1. The smallest absolute Gasteiger partial charge is 0.347 e.